The van der Waals surface area contributed by atoms with E-state index in [2.05, 4.69) is 5.32 Å². The SMILES string of the molecule is O=C1NCCN(Cc2c(F)cccc2Cl)[C@@H]1CC(=O)N1CCOCC1. The van der Waals surface area contributed by atoms with E-state index >= 15 is 0 Å². The molecule has 0 spiro atoms. The van der Waals surface area contributed by atoms with E-state index in [1.165, 1.54) is 6.07 Å². The van der Waals surface area contributed by atoms with E-state index in [0.717, 1.165) is 0 Å². The fourth-order valence-corrected chi connectivity index (χ4v) is 3.39. The number of carbonyl (C=O) groups excluding carboxylic acids is 2. The van der Waals surface area contributed by atoms with Gasteiger partial charge in [0, 0.05) is 43.3 Å². The zero-order valence-corrected chi connectivity index (χ0v) is 14.6. The normalized spacial score (nSPS) is 21.9. The molecule has 2 heterocycles. The summed E-state index contributed by atoms with van der Waals surface area (Å²) < 4.78 is 19.3. The number of hydrogen-bond donors (Lipinski definition) is 1. The van der Waals surface area contributed by atoms with Gasteiger partial charge in [-0.15, -0.1) is 0 Å². The van der Waals surface area contributed by atoms with Gasteiger partial charge in [0.15, 0.2) is 0 Å². The fraction of sp³-hybridized carbons (Fsp3) is 0.529. The van der Waals surface area contributed by atoms with Crippen molar-refractivity contribution in [3.8, 4) is 0 Å². The van der Waals surface area contributed by atoms with Crippen LogP contribution in [0.25, 0.3) is 0 Å². The Hall–Kier alpha value is -1.70. The summed E-state index contributed by atoms with van der Waals surface area (Å²) in [6, 6.07) is 3.89. The minimum Gasteiger partial charge on any atom is -0.378 e. The van der Waals surface area contributed by atoms with Crippen LogP contribution in [0.2, 0.25) is 5.02 Å². The molecule has 2 aliphatic heterocycles. The van der Waals surface area contributed by atoms with Crippen LogP contribution >= 0.6 is 11.6 Å². The van der Waals surface area contributed by atoms with Gasteiger partial charge >= 0.3 is 0 Å². The first kappa shape index (κ1) is 18.1. The number of amides is 2. The van der Waals surface area contributed by atoms with Crippen LogP contribution in [0.15, 0.2) is 18.2 Å². The van der Waals surface area contributed by atoms with Gasteiger partial charge in [0.2, 0.25) is 11.8 Å². The second-order valence-electron chi connectivity index (χ2n) is 6.17. The molecule has 2 saturated heterocycles. The van der Waals surface area contributed by atoms with Gasteiger partial charge in [0.25, 0.3) is 0 Å². The Kier molecular flexibility index (Phi) is 5.88. The molecule has 6 nitrogen and oxygen atoms in total. The summed E-state index contributed by atoms with van der Waals surface area (Å²) in [5.74, 6) is -0.702. The number of rotatable bonds is 4. The van der Waals surface area contributed by atoms with Gasteiger partial charge in [0.1, 0.15) is 5.82 Å². The van der Waals surface area contributed by atoms with Crippen LogP contribution < -0.4 is 5.32 Å². The molecule has 1 aromatic rings. The lowest BCUT2D eigenvalue weighted by Gasteiger charge is -2.36. The summed E-state index contributed by atoms with van der Waals surface area (Å²) in [5, 5.41) is 3.11. The fourth-order valence-electron chi connectivity index (χ4n) is 3.17. The lowest BCUT2D eigenvalue weighted by molar-refractivity contribution is -0.141. The van der Waals surface area contributed by atoms with Crippen LogP contribution in [-0.4, -0.2) is 67.0 Å². The lowest BCUT2D eigenvalue weighted by Crippen LogP contribution is -2.56. The van der Waals surface area contributed by atoms with Crippen LogP contribution in [0.5, 0.6) is 0 Å². The second-order valence-corrected chi connectivity index (χ2v) is 6.58. The van der Waals surface area contributed by atoms with E-state index in [0.29, 0.717) is 50.0 Å². The average Bonchev–Trinajstić information content (AvgIpc) is 2.61. The van der Waals surface area contributed by atoms with Gasteiger partial charge in [-0.2, -0.15) is 0 Å². The van der Waals surface area contributed by atoms with Gasteiger partial charge in [-0.3, -0.25) is 14.5 Å². The second kappa shape index (κ2) is 8.12. The van der Waals surface area contributed by atoms with Gasteiger partial charge in [0.05, 0.1) is 25.7 Å². The first-order chi connectivity index (χ1) is 12.1. The predicted molar refractivity (Wildman–Crippen MR) is 90.6 cm³/mol. The van der Waals surface area contributed by atoms with Crippen molar-refractivity contribution in [2.45, 2.75) is 19.0 Å². The minimum absolute atomic E-state index is 0.0674. The molecule has 0 bridgehead atoms. The van der Waals surface area contributed by atoms with Crippen molar-refractivity contribution in [2.24, 2.45) is 0 Å². The third kappa shape index (κ3) is 4.29. The smallest absolute Gasteiger partial charge is 0.237 e. The zero-order chi connectivity index (χ0) is 17.8. The molecule has 2 fully saturated rings. The molecule has 0 unspecified atom stereocenters. The molecule has 136 valence electrons. The molecular weight excluding hydrogens is 349 g/mol. The number of morpholine rings is 1. The van der Waals surface area contributed by atoms with E-state index < -0.39 is 11.9 Å². The van der Waals surface area contributed by atoms with Crippen LogP contribution in [0.1, 0.15) is 12.0 Å². The number of piperazine rings is 1. The van der Waals surface area contributed by atoms with Gasteiger partial charge in [-0.25, -0.2) is 4.39 Å². The number of nitrogens with zero attached hydrogens (tertiary/aromatic N) is 2. The van der Waals surface area contributed by atoms with E-state index in [4.69, 9.17) is 16.3 Å². The minimum atomic E-state index is -0.625. The Morgan fingerprint density at radius 1 is 1.32 bits per heavy atom. The summed E-state index contributed by atoms with van der Waals surface area (Å²) in [5.41, 5.74) is 0.350. The first-order valence-corrected chi connectivity index (χ1v) is 8.74. The van der Waals surface area contributed by atoms with Gasteiger partial charge in [-0.1, -0.05) is 17.7 Å². The first-order valence-electron chi connectivity index (χ1n) is 8.36. The number of halogens is 2. The Morgan fingerprint density at radius 3 is 2.80 bits per heavy atom. The maximum Gasteiger partial charge on any atom is 0.237 e. The highest BCUT2D eigenvalue weighted by Gasteiger charge is 2.34. The van der Waals surface area contributed by atoms with Crippen molar-refractivity contribution in [1.82, 2.24) is 15.1 Å². The monoisotopic (exact) mass is 369 g/mol. The van der Waals surface area contributed by atoms with Crippen LogP contribution in [0.4, 0.5) is 4.39 Å². The third-order valence-electron chi connectivity index (χ3n) is 4.60. The Morgan fingerprint density at radius 2 is 2.08 bits per heavy atom. The average molecular weight is 370 g/mol. The lowest BCUT2D eigenvalue weighted by atomic mass is 10.1. The quantitative estimate of drug-likeness (QED) is 0.861. The van der Waals surface area contributed by atoms with E-state index in [-0.39, 0.29) is 24.8 Å². The predicted octanol–water partition coefficient (Wildman–Crippen LogP) is 1.03. The molecule has 2 aliphatic rings. The molecule has 0 saturated carbocycles. The van der Waals surface area contributed by atoms with Crippen molar-refractivity contribution in [2.75, 3.05) is 39.4 Å². The maximum atomic E-state index is 14.1. The maximum absolute atomic E-state index is 14.1. The van der Waals surface area contributed by atoms with Crippen LogP contribution in [0.3, 0.4) is 0 Å². The number of hydrogen-bond acceptors (Lipinski definition) is 4. The summed E-state index contributed by atoms with van der Waals surface area (Å²) in [6.45, 7) is 3.29. The molecule has 1 aromatic carbocycles. The highest BCUT2D eigenvalue weighted by Crippen LogP contribution is 2.23. The van der Waals surface area contributed by atoms with Gasteiger partial charge < -0.3 is 15.0 Å². The van der Waals surface area contributed by atoms with Crippen LogP contribution in [0, 0.1) is 5.82 Å². The molecule has 25 heavy (non-hydrogen) atoms. The largest absolute Gasteiger partial charge is 0.378 e. The molecule has 0 radical (unpaired) electrons. The molecule has 8 heteroatoms. The summed E-state index contributed by atoms with van der Waals surface area (Å²) in [6.07, 6.45) is 0.0674. The number of nitrogens with one attached hydrogen (secondary N) is 1. The molecule has 3 rings (SSSR count). The van der Waals surface area contributed by atoms with Crippen LogP contribution in [-0.2, 0) is 20.9 Å². The highest BCUT2D eigenvalue weighted by molar-refractivity contribution is 6.31. The van der Waals surface area contributed by atoms with Crippen molar-refractivity contribution < 1.29 is 18.7 Å². The number of benzene rings is 1. The van der Waals surface area contributed by atoms with E-state index in [1.807, 2.05) is 4.90 Å². The van der Waals surface area contributed by atoms with Crippen molar-refractivity contribution in [3.05, 3.63) is 34.6 Å². The molecule has 1 N–H and O–H groups in total. The van der Waals surface area contributed by atoms with Gasteiger partial charge in [-0.05, 0) is 12.1 Å². The Bertz CT molecular complexity index is 632. The number of ether oxygens (including phenoxy) is 1. The molecule has 1 atom stereocenters. The third-order valence-corrected chi connectivity index (χ3v) is 4.95. The summed E-state index contributed by atoms with van der Waals surface area (Å²) >= 11 is 6.10. The zero-order valence-electron chi connectivity index (χ0n) is 13.8. The van der Waals surface area contributed by atoms with Crippen molar-refractivity contribution >= 4 is 23.4 Å². The summed E-state index contributed by atoms with van der Waals surface area (Å²) in [7, 11) is 0. The topological polar surface area (TPSA) is 61.9 Å². The van der Waals surface area contributed by atoms with E-state index in [1.54, 1.807) is 17.0 Å². The Labute approximate surface area is 150 Å². The number of carbonyl (C=O) groups is 2. The molecule has 2 amide bonds. The van der Waals surface area contributed by atoms with Crippen molar-refractivity contribution in [3.63, 3.8) is 0 Å². The van der Waals surface area contributed by atoms with Crippen molar-refractivity contribution in [1.29, 1.82) is 0 Å². The standard InChI is InChI=1S/C17H21ClFN3O3/c18-13-2-1-3-14(19)12(13)11-22-5-4-20-17(24)15(22)10-16(23)21-6-8-25-9-7-21/h1-3,15H,4-11H2,(H,20,24)/t15-/m1/s1. The Balaban J connectivity index is 1.72. The molecular formula is C17H21ClFN3O3. The summed E-state index contributed by atoms with van der Waals surface area (Å²) in [4.78, 5) is 28.3. The molecule has 0 aromatic heterocycles. The highest BCUT2D eigenvalue weighted by atomic mass is 35.5. The van der Waals surface area contributed by atoms with E-state index in [9.17, 15) is 14.0 Å². The molecule has 0 aliphatic carbocycles.